The Morgan fingerprint density at radius 1 is 1.23 bits per heavy atom. The fourth-order valence-electron chi connectivity index (χ4n) is 4.87. The van der Waals surface area contributed by atoms with Gasteiger partial charge in [-0.25, -0.2) is 14.2 Å². The van der Waals surface area contributed by atoms with Crippen molar-refractivity contribution in [2.45, 2.75) is 32.2 Å². The van der Waals surface area contributed by atoms with Gasteiger partial charge in [0.2, 0.25) is 11.7 Å². The van der Waals surface area contributed by atoms with Crippen molar-refractivity contribution < 1.29 is 23.8 Å². The zero-order valence-electron chi connectivity index (χ0n) is 21.6. The molecule has 0 radical (unpaired) electrons. The van der Waals surface area contributed by atoms with Gasteiger partial charge >= 0.3 is 5.97 Å². The number of piperazine rings is 1. The van der Waals surface area contributed by atoms with E-state index < -0.39 is 11.8 Å². The Morgan fingerprint density at radius 2 is 2.05 bits per heavy atom. The maximum Gasteiger partial charge on any atom is 0.356 e. The molecule has 1 unspecified atom stereocenters. The minimum Gasteiger partial charge on any atom is -0.476 e. The average Bonchev–Trinajstić information content (AvgIpc) is 3.49. The monoisotopic (exact) mass is 546 g/mol. The first-order valence-corrected chi connectivity index (χ1v) is 13.0. The molecule has 4 aromatic rings. The van der Waals surface area contributed by atoms with E-state index in [0.29, 0.717) is 30.3 Å². The lowest BCUT2D eigenvalue weighted by molar-refractivity contribution is -0.0593. The lowest BCUT2D eigenvalue weighted by Gasteiger charge is -2.35. The van der Waals surface area contributed by atoms with Gasteiger partial charge in [-0.3, -0.25) is 9.47 Å². The number of anilines is 1. The van der Waals surface area contributed by atoms with Crippen LogP contribution < -0.4 is 9.64 Å². The number of rotatable bonds is 9. The van der Waals surface area contributed by atoms with Crippen LogP contribution in [0, 0.1) is 17.1 Å². The predicted octanol–water partition coefficient (Wildman–Crippen LogP) is 2.32. The van der Waals surface area contributed by atoms with Crippen LogP contribution in [0.3, 0.4) is 0 Å². The van der Waals surface area contributed by atoms with E-state index >= 15 is 0 Å². The molecule has 6 rings (SSSR count). The summed E-state index contributed by atoms with van der Waals surface area (Å²) in [6.45, 7) is 4.83. The minimum atomic E-state index is -1.07. The molecule has 0 bridgehead atoms. The van der Waals surface area contributed by atoms with Crippen LogP contribution in [-0.2, 0) is 24.4 Å². The molecule has 0 amide bonds. The highest BCUT2D eigenvalue weighted by molar-refractivity contribution is 5.86. The van der Waals surface area contributed by atoms with Gasteiger partial charge < -0.3 is 19.5 Å². The molecular weight excluding hydrogens is 519 g/mol. The molecule has 0 aliphatic carbocycles. The number of aromatic nitrogens is 5. The topological polar surface area (TPSA) is 134 Å². The summed E-state index contributed by atoms with van der Waals surface area (Å²) in [4.78, 5) is 25.0. The number of carboxylic acid groups (broad SMARTS) is 1. The Labute approximate surface area is 228 Å². The van der Waals surface area contributed by atoms with Crippen LogP contribution in [0.1, 0.15) is 33.9 Å². The van der Waals surface area contributed by atoms with E-state index in [2.05, 4.69) is 24.9 Å². The van der Waals surface area contributed by atoms with E-state index in [1.807, 2.05) is 22.8 Å². The number of carbonyl (C=O) groups is 1. The van der Waals surface area contributed by atoms with Gasteiger partial charge in [-0.1, -0.05) is 12.1 Å². The molecule has 1 atom stereocenters. The highest BCUT2D eigenvalue weighted by atomic mass is 19.1. The van der Waals surface area contributed by atoms with Gasteiger partial charge in [0, 0.05) is 44.4 Å². The van der Waals surface area contributed by atoms with Crippen LogP contribution in [-0.4, -0.2) is 79.0 Å². The number of nitriles is 1. The van der Waals surface area contributed by atoms with E-state index in [1.54, 1.807) is 18.2 Å². The van der Waals surface area contributed by atoms with Gasteiger partial charge in [-0.15, -0.1) is 5.10 Å². The molecule has 2 fully saturated rings. The third-order valence-electron chi connectivity index (χ3n) is 7.21. The second kappa shape index (κ2) is 10.9. The van der Waals surface area contributed by atoms with Crippen LogP contribution in [0.25, 0.3) is 5.78 Å². The van der Waals surface area contributed by atoms with Crippen LogP contribution in [0.15, 0.2) is 42.6 Å². The Bertz CT molecular complexity index is 1580. The molecule has 1 aromatic carbocycles. The van der Waals surface area contributed by atoms with Crippen LogP contribution in [0.4, 0.5) is 10.2 Å². The first-order chi connectivity index (χ1) is 19.5. The summed E-state index contributed by atoms with van der Waals surface area (Å²) >= 11 is 0. The van der Waals surface area contributed by atoms with Gasteiger partial charge in [0.15, 0.2) is 5.69 Å². The normalized spacial score (nSPS) is 17.5. The Morgan fingerprint density at radius 3 is 2.75 bits per heavy atom. The standard InChI is InChI=1S/C27H27FN8O4/c28-21-12-18(13-29)4-5-19(21)17-40-25-3-1-2-23(31-25)34-9-7-33(8-10-34)16-24-32-36-22(26(37)38)14-30-27(36)35(24)15-20-6-11-39-20/h1-5,12,14,20H,6-11,15-17H2,(H,37,38). The number of halogens is 1. The Hall–Kier alpha value is -4.54. The molecule has 3 aromatic heterocycles. The number of aromatic carboxylic acids is 1. The van der Waals surface area contributed by atoms with Gasteiger partial charge in [-0.05, 0) is 24.6 Å². The first kappa shape index (κ1) is 25.7. The molecule has 1 N–H and O–H groups in total. The van der Waals surface area contributed by atoms with Crippen molar-refractivity contribution >= 4 is 17.6 Å². The summed E-state index contributed by atoms with van der Waals surface area (Å²) < 4.78 is 28.9. The molecule has 0 saturated carbocycles. The molecule has 5 heterocycles. The van der Waals surface area contributed by atoms with Crippen molar-refractivity contribution in [3.8, 4) is 11.9 Å². The molecular formula is C27H27FN8O4. The van der Waals surface area contributed by atoms with E-state index in [-0.39, 0.29) is 24.0 Å². The molecule has 0 spiro atoms. The molecule has 12 nitrogen and oxygen atoms in total. The number of imidazole rings is 1. The summed E-state index contributed by atoms with van der Waals surface area (Å²) in [5.74, 6) is 0.853. The SMILES string of the molecule is N#Cc1ccc(COc2cccc(N3CCN(Cc4nn5c(C(=O)O)cnc5n4CC4CCO4)CC3)n2)c(F)c1. The summed E-state index contributed by atoms with van der Waals surface area (Å²) in [5, 5.41) is 23.0. The van der Waals surface area contributed by atoms with Crippen molar-refractivity contribution in [1.82, 2.24) is 29.0 Å². The van der Waals surface area contributed by atoms with E-state index in [9.17, 15) is 14.3 Å². The Balaban J connectivity index is 1.09. The minimum absolute atomic E-state index is 0.00731. The highest BCUT2D eigenvalue weighted by Crippen LogP contribution is 2.22. The highest BCUT2D eigenvalue weighted by Gasteiger charge is 2.27. The van der Waals surface area contributed by atoms with Crippen LogP contribution in [0.5, 0.6) is 5.88 Å². The largest absolute Gasteiger partial charge is 0.476 e. The third-order valence-corrected chi connectivity index (χ3v) is 7.21. The second-order valence-corrected chi connectivity index (χ2v) is 9.77. The molecule has 13 heteroatoms. The van der Waals surface area contributed by atoms with E-state index in [0.717, 1.165) is 50.8 Å². The van der Waals surface area contributed by atoms with Crippen LogP contribution >= 0.6 is 0 Å². The number of hydrogen-bond donors (Lipinski definition) is 1. The van der Waals surface area contributed by atoms with Crippen molar-refractivity contribution in [2.24, 2.45) is 0 Å². The average molecular weight is 547 g/mol. The number of hydrogen-bond acceptors (Lipinski definition) is 9. The van der Waals surface area contributed by atoms with Crippen LogP contribution in [0.2, 0.25) is 0 Å². The molecule has 2 saturated heterocycles. The Kier molecular flexibility index (Phi) is 7.02. The summed E-state index contributed by atoms with van der Waals surface area (Å²) in [5.41, 5.74) is 0.644. The number of pyridine rings is 1. The number of nitrogens with zero attached hydrogens (tertiary/aromatic N) is 8. The molecule has 40 heavy (non-hydrogen) atoms. The van der Waals surface area contributed by atoms with E-state index in [1.165, 1.54) is 16.8 Å². The smallest absolute Gasteiger partial charge is 0.356 e. The number of fused-ring (bicyclic) bond motifs is 1. The predicted molar refractivity (Wildman–Crippen MR) is 139 cm³/mol. The fourth-order valence-corrected chi connectivity index (χ4v) is 4.87. The fraction of sp³-hybridized carbons (Fsp3) is 0.370. The first-order valence-electron chi connectivity index (χ1n) is 13.0. The lowest BCUT2D eigenvalue weighted by Crippen LogP contribution is -2.46. The zero-order valence-corrected chi connectivity index (χ0v) is 21.6. The second-order valence-electron chi connectivity index (χ2n) is 9.77. The summed E-state index contributed by atoms with van der Waals surface area (Å²) in [6, 6.07) is 11.7. The zero-order chi connectivity index (χ0) is 27.6. The van der Waals surface area contributed by atoms with Gasteiger partial charge in [-0.2, -0.15) is 14.8 Å². The van der Waals surface area contributed by atoms with Crippen molar-refractivity contribution in [1.29, 1.82) is 5.26 Å². The van der Waals surface area contributed by atoms with Crippen molar-refractivity contribution in [3.63, 3.8) is 0 Å². The maximum atomic E-state index is 14.2. The van der Waals surface area contributed by atoms with Crippen molar-refractivity contribution in [3.05, 3.63) is 71.1 Å². The summed E-state index contributed by atoms with van der Waals surface area (Å²) in [6.07, 6.45) is 2.36. The van der Waals surface area contributed by atoms with Gasteiger partial charge in [0.1, 0.15) is 24.1 Å². The summed E-state index contributed by atoms with van der Waals surface area (Å²) in [7, 11) is 0. The molecule has 2 aliphatic heterocycles. The quantitative estimate of drug-likeness (QED) is 0.333. The van der Waals surface area contributed by atoms with Gasteiger partial charge in [0.25, 0.3) is 0 Å². The number of ether oxygens (including phenoxy) is 2. The number of benzene rings is 1. The van der Waals surface area contributed by atoms with Gasteiger partial charge in [0.05, 0.1) is 37.0 Å². The molecule has 2 aliphatic rings. The lowest BCUT2D eigenvalue weighted by atomic mass is 10.1. The maximum absolute atomic E-state index is 14.2. The molecule has 206 valence electrons. The van der Waals surface area contributed by atoms with E-state index in [4.69, 9.17) is 14.7 Å². The third kappa shape index (κ3) is 5.18. The van der Waals surface area contributed by atoms with Crippen molar-refractivity contribution in [2.75, 3.05) is 37.7 Å². The number of carboxylic acids is 1.